The molecule has 0 radical (unpaired) electrons. The monoisotopic (exact) mass is 510 g/mol. The van der Waals surface area contributed by atoms with Crippen LogP contribution in [-0.2, 0) is 6.42 Å². The molecule has 0 atom stereocenters. The number of benzene rings is 3. The number of anilines is 1. The zero-order valence-corrected chi connectivity index (χ0v) is 22.1. The number of carbonyl (C=O) groups is 1. The van der Waals surface area contributed by atoms with Gasteiger partial charge in [0.15, 0.2) is 0 Å². The van der Waals surface area contributed by atoms with Crippen LogP contribution in [0.5, 0.6) is 0 Å². The van der Waals surface area contributed by atoms with Crippen LogP contribution in [0, 0.1) is 13.8 Å². The highest BCUT2D eigenvalue weighted by Crippen LogP contribution is 2.26. The number of rotatable bonds is 5. The molecule has 37 heavy (non-hydrogen) atoms. The van der Waals surface area contributed by atoms with Crippen molar-refractivity contribution in [2.45, 2.75) is 26.7 Å². The normalized spacial score (nSPS) is 13.9. The summed E-state index contributed by atoms with van der Waals surface area (Å²) in [5, 5.41) is 0.729. The minimum atomic E-state index is 0.0814. The van der Waals surface area contributed by atoms with Gasteiger partial charge in [-0.1, -0.05) is 66.2 Å². The summed E-state index contributed by atoms with van der Waals surface area (Å²) < 4.78 is 0. The van der Waals surface area contributed by atoms with Gasteiger partial charge >= 0.3 is 0 Å². The summed E-state index contributed by atoms with van der Waals surface area (Å²) in [5.41, 5.74) is 6.29. The zero-order chi connectivity index (χ0) is 25.8. The molecule has 0 aliphatic carbocycles. The molecule has 188 valence electrons. The molecule has 1 amide bonds. The summed E-state index contributed by atoms with van der Waals surface area (Å²) in [6, 6.07) is 26.1. The number of nitrogens with zero attached hydrogens (tertiary/aromatic N) is 4. The van der Waals surface area contributed by atoms with Gasteiger partial charge in [-0.15, -0.1) is 0 Å². The third-order valence-corrected chi connectivity index (χ3v) is 7.17. The highest BCUT2D eigenvalue weighted by molar-refractivity contribution is 6.30. The van der Waals surface area contributed by atoms with Gasteiger partial charge in [0.05, 0.1) is 0 Å². The molecule has 5 nitrogen and oxygen atoms in total. The predicted octanol–water partition coefficient (Wildman–Crippen LogP) is 6.36. The van der Waals surface area contributed by atoms with Crippen molar-refractivity contribution in [2.24, 2.45) is 0 Å². The average Bonchev–Trinajstić information content (AvgIpc) is 3.18. The van der Waals surface area contributed by atoms with Crippen LogP contribution in [0.1, 0.15) is 39.4 Å². The van der Waals surface area contributed by atoms with Crippen molar-refractivity contribution >= 4 is 23.3 Å². The molecule has 0 N–H and O–H groups in total. The number of aryl methyl sites for hydroxylation is 2. The number of aromatic nitrogens is 2. The van der Waals surface area contributed by atoms with E-state index in [0.29, 0.717) is 6.54 Å². The van der Waals surface area contributed by atoms with Crippen LogP contribution in [0.2, 0.25) is 5.02 Å². The Morgan fingerprint density at radius 3 is 2.24 bits per heavy atom. The zero-order valence-electron chi connectivity index (χ0n) is 21.3. The lowest BCUT2D eigenvalue weighted by Crippen LogP contribution is -2.35. The summed E-state index contributed by atoms with van der Waals surface area (Å²) in [6.45, 7) is 6.95. The first-order valence-corrected chi connectivity index (χ1v) is 13.1. The second kappa shape index (κ2) is 11.1. The molecule has 0 bridgehead atoms. The van der Waals surface area contributed by atoms with Crippen LogP contribution in [0.15, 0.2) is 78.9 Å². The lowest BCUT2D eigenvalue weighted by molar-refractivity contribution is 0.0767. The number of amides is 1. The first-order valence-electron chi connectivity index (χ1n) is 12.8. The van der Waals surface area contributed by atoms with Crippen molar-refractivity contribution in [3.63, 3.8) is 0 Å². The summed E-state index contributed by atoms with van der Waals surface area (Å²) in [7, 11) is 0. The molecule has 6 heteroatoms. The Bertz CT molecular complexity index is 1370. The average molecular weight is 511 g/mol. The highest BCUT2D eigenvalue weighted by Gasteiger charge is 2.24. The molecule has 5 rings (SSSR count). The van der Waals surface area contributed by atoms with Gasteiger partial charge in [-0.05, 0) is 61.2 Å². The quantitative estimate of drug-likeness (QED) is 0.313. The van der Waals surface area contributed by atoms with E-state index in [4.69, 9.17) is 16.6 Å². The largest absolute Gasteiger partial charge is 0.354 e. The van der Waals surface area contributed by atoms with E-state index in [1.807, 2.05) is 66.4 Å². The summed E-state index contributed by atoms with van der Waals surface area (Å²) in [4.78, 5) is 27.2. The smallest absolute Gasteiger partial charge is 0.253 e. The Morgan fingerprint density at radius 1 is 0.811 bits per heavy atom. The Morgan fingerprint density at radius 2 is 1.51 bits per heavy atom. The van der Waals surface area contributed by atoms with Gasteiger partial charge in [-0.25, -0.2) is 9.97 Å². The van der Waals surface area contributed by atoms with Crippen molar-refractivity contribution in [2.75, 3.05) is 31.1 Å². The molecule has 1 saturated heterocycles. The van der Waals surface area contributed by atoms with E-state index in [1.54, 1.807) is 0 Å². The third-order valence-electron chi connectivity index (χ3n) is 6.92. The SMILES string of the molecule is Cc1nc(C)c(Cc2ccc(Cl)cc2)c(N2CCCN(C(=O)c3ccc(-c4ccccc4)cc3)CC2)n1. The molecule has 1 aromatic heterocycles. The van der Waals surface area contributed by atoms with Gasteiger partial charge in [0.2, 0.25) is 0 Å². The lowest BCUT2D eigenvalue weighted by atomic mass is 10.0. The van der Waals surface area contributed by atoms with E-state index >= 15 is 0 Å². The maximum atomic E-state index is 13.4. The molecular formula is C31H31ClN4O. The molecule has 0 spiro atoms. The minimum Gasteiger partial charge on any atom is -0.354 e. The van der Waals surface area contributed by atoms with Crippen molar-refractivity contribution in [1.29, 1.82) is 0 Å². The Labute approximate surface area is 223 Å². The summed E-state index contributed by atoms with van der Waals surface area (Å²) >= 11 is 6.09. The highest BCUT2D eigenvalue weighted by atomic mass is 35.5. The molecule has 1 aliphatic heterocycles. The Kier molecular flexibility index (Phi) is 7.52. The number of carbonyl (C=O) groups excluding carboxylic acids is 1. The second-order valence-corrected chi connectivity index (χ2v) is 9.97. The van der Waals surface area contributed by atoms with Crippen LogP contribution < -0.4 is 4.90 Å². The van der Waals surface area contributed by atoms with Crippen molar-refractivity contribution in [3.05, 3.63) is 112 Å². The fourth-order valence-electron chi connectivity index (χ4n) is 4.94. The lowest BCUT2D eigenvalue weighted by Gasteiger charge is -2.26. The molecular weight excluding hydrogens is 480 g/mol. The van der Waals surface area contributed by atoms with Crippen LogP contribution in [-0.4, -0.2) is 47.0 Å². The molecule has 4 aromatic rings. The number of hydrogen-bond acceptors (Lipinski definition) is 4. The van der Waals surface area contributed by atoms with E-state index in [1.165, 1.54) is 5.56 Å². The van der Waals surface area contributed by atoms with Crippen LogP contribution >= 0.6 is 11.6 Å². The summed E-state index contributed by atoms with van der Waals surface area (Å²) in [5.74, 6) is 1.82. The van der Waals surface area contributed by atoms with Gasteiger partial charge < -0.3 is 9.80 Å². The topological polar surface area (TPSA) is 49.3 Å². The van der Waals surface area contributed by atoms with Crippen LogP contribution in [0.4, 0.5) is 5.82 Å². The fourth-order valence-corrected chi connectivity index (χ4v) is 5.07. The standard InChI is InChI=1S/C31H31ClN4O/c1-22-29(21-24-9-15-28(32)16-10-24)30(34-23(2)33-22)35-17-6-18-36(20-19-35)31(37)27-13-11-26(12-14-27)25-7-4-3-5-8-25/h3-5,7-16H,6,17-21H2,1-2H3. The second-order valence-electron chi connectivity index (χ2n) is 9.54. The first-order chi connectivity index (χ1) is 18.0. The molecule has 0 unspecified atom stereocenters. The van der Waals surface area contributed by atoms with E-state index < -0.39 is 0 Å². The first kappa shape index (κ1) is 25.0. The molecule has 2 heterocycles. The van der Waals surface area contributed by atoms with E-state index in [2.05, 4.69) is 41.1 Å². The maximum Gasteiger partial charge on any atom is 0.253 e. The van der Waals surface area contributed by atoms with Crippen molar-refractivity contribution in [1.82, 2.24) is 14.9 Å². The maximum absolute atomic E-state index is 13.4. The van der Waals surface area contributed by atoms with Crippen LogP contribution in [0.3, 0.4) is 0 Å². The van der Waals surface area contributed by atoms with Crippen molar-refractivity contribution in [3.8, 4) is 11.1 Å². The number of hydrogen-bond donors (Lipinski definition) is 0. The van der Waals surface area contributed by atoms with Gasteiger partial charge in [0.25, 0.3) is 5.91 Å². The minimum absolute atomic E-state index is 0.0814. The van der Waals surface area contributed by atoms with E-state index in [0.717, 1.165) is 77.1 Å². The third kappa shape index (κ3) is 5.83. The Balaban J connectivity index is 1.31. The van der Waals surface area contributed by atoms with E-state index in [-0.39, 0.29) is 5.91 Å². The molecule has 3 aromatic carbocycles. The molecule has 1 fully saturated rings. The Hall–Kier alpha value is -3.70. The van der Waals surface area contributed by atoms with Gasteiger partial charge in [0.1, 0.15) is 11.6 Å². The van der Waals surface area contributed by atoms with Gasteiger partial charge in [-0.3, -0.25) is 4.79 Å². The fraction of sp³-hybridized carbons (Fsp3) is 0.258. The number of halogens is 1. The molecule has 1 aliphatic rings. The van der Waals surface area contributed by atoms with E-state index in [9.17, 15) is 4.79 Å². The summed E-state index contributed by atoms with van der Waals surface area (Å²) in [6.07, 6.45) is 1.63. The van der Waals surface area contributed by atoms with Gasteiger partial charge in [-0.2, -0.15) is 0 Å². The predicted molar refractivity (Wildman–Crippen MR) is 150 cm³/mol. The van der Waals surface area contributed by atoms with Gasteiger partial charge in [0, 0.05) is 54.4 Å². The van der Waals surface area contributed by atoms with Crippen molar-refractivity contribution < 1.29 is 4.79 Å². The van der Waals surface area contributed by atoms with Crippen LogP contribution in [0.25, 0.3) is 11.1 Å². The molecule has 0 saturated carbocycles.